The molecule has 5 heteroatoms. The van der Waals surface area contributed by atoms with Crippen LogP contribution in [0.4, 0.5) is 0 Å². The van der Waals surface area contributed by atoms with E-state index < -0.39 is 5.60 Å². The summed E-state index contributed by atoms with van der Waals surface area (Å²) in [5, 5.41) is 14.8. The Bertz CT molecular complexity index is 373. The highest BCUT2D eigenvalue weighted by molar-refractivity contribution is 7.99. The molecular weight excluding hydrogens is 252 g/mol. The van der Waals surface area contributed by atoms with Gasteiger partial charge in [-0.1, -0.05) is 0 Å². The van der Waals surface area contributed by atoms with Gasteiger partial charge in [0.1, 0.15) is 0 Å². The number of aromatic nitrogens is 1. The minimum Gasteiger partial charge on any atom is -0.389 e. The SMILES string of the molecule is Cc1nc(C)c(CNCC2(O)CCSCC2)s1. The second-order valence-corrected chi connectivity index (χ2v) is 7.19. The van der Waals surface area contributed by atoms with Crippen molar-refractivity contribution in [2.24, 2.45) is 0 Å². The number of nitrogens with zero attached hydrogens (tertiary/aromatic N) is 1. The second-order valence-electron chi connectivity index (χ2n) is 4.68. The normalized spacial score (nSPS) is 19.5. The number of hydrogen-bond donors (Lipinski definition) is 2. The lowest BCUT2D eigenvalue weighted by Crippen LogP contribution is -2.43. The molecule has 0 atom stereocenters. The number of aliphatic hydroxyl groups is 1. The molecule has 2 N–H and O–H groups in total. The Morgan fingerprint density at radius 3 is 2.65 bits per heavy atom. The zero-order valence-corrected chi connectivity index (χ0v) is 12.1. The van der Waals surface area contributed by atoms with Crippen LogP contribution in [-0.4, -0.2) is 33.7 Å². The lowest BCUT2D eigenvalue weighted by Gasteiger charge is -2.31. The molecule has 2 heterocycles. The average molecular weight is 272 g/mol. The number of aryl methyl sites for hydroxylation is 2. The first-order chi connectivity index (χ1) is 8.09. The van der Waals surface area contributed by atoms with Crippen LogP contribution in [0.3, 0.4) is 0 Å². The van der Waals surface area contributed by atoms with Crippen LogP contribution in [0.15, 0.2) is 0 Å². The maximum atomic E-state index is 10.3. The molecule has 0 saturated carbocycles. The minimum atomic E-state index is -0.487. The van der Waals surface area contributed by atoms with Crippen LogP contribution < -0.4 is 5.32 Å². The lowest BCUT2D eigenvalue weighted by atomic mass is 9.97. The van der Waals surface area contributed by atoms with Crippen molar-refractivity contribution in [1.82, 2.24) is 10.3 Å². The number of nitrogens with one attached hydrogen (secondary N) is 1. The first kappa shape index (κ1) is 13.3. The van der Waals surface area contributed by atoms with Crippen molar-refractivity contribution in [3.63, 3.8) is 0 Å². The molecule has 0 radical (unpaired) electrons. The number of thiazole rings is 1. The first-order valence-corrected chi connectivity index (χ1v) is 8.00. The lowest BCUT2D eigenvalue weighted by molar-refractivity contribution is 0.0320. The summed E-state index contributed by atoms with van der Waals surface area (Å²) in [5.74, 6) is 2.16. The second kappa shape index (κ2) is 5.69. The fourth-order valence-corrected chi connectivity index (χ4v) is 4.23. The van der Waals surface area contributed by atoms with Crippen molar-refractivity contribution in [2.45, 2.75) is 38.8 Å². The van der Waals surface area contributed by atoms with E-state index in [-0.39, 0.29) is 0 Å². The van der Waals surface area contributed by atoms with Gasteiger partial charge in [0.25, 0.3) is 0 Å². The summed E-state index contributed by atoms with van der Waals surface area (Å²) in [7, 11) is 0. The largest absolute Gasteiger partial charge is 0.389 e. The van der Waals surface area contributed by atoms with Crippen molar-refractivity contribution < 1.29 is 5.11 Å². The fourth-order valence-electron chi connectivity index (χ4n) is 2.07. The zero-order valence-electron chi connectivity index (χ0n) is 10.5. The topological polar surface area (TPSA) is 45.2 Å². The van der Waals surface area contributed by atoms with Crippen LogP contribution in [0.5, 0.6) is 0 Å². The van der Waals surface area contributed by atoms with E-state index in [0.717, 1.165) is 41.6 Å². The quantitative estimate of drug-likeness (QED) is 0.881. The van der Waals surface area contributed by atoms with Gasteiger partial charge in [0.05, 0.1) is 16.3 Å². The summed E-state index contributed by atoms with van der Waals surface area (Å²) in [5.41, 5.74) is 0.630. The number of thioether (sulfide) groups is 1. The molecule has 17 heavy (non-hydrogen) atoms. The third-order valence-electron chi connectivity index (χ3n) is 3.16. The fraction of sp³-hybridized carbons (Fsp3) is 0.750. The molecule has 3 nitrogen and oxygen atoms in total. The van der Waals surface area contributed by atoms with Crippen molar-refractivity contribution >= 4 is 23.1 Å². The molecule has 1 aliphatic rings. The molecule has 0 amide bonds. The number of hydrogen-bond acceptors (Lipinski definition) is 5. The van der Waals surface area contributed by atoms with E-state index in [2.05, 4.69) is 10.3 Å². The van der Waals surface area contributed by atoms with Crippen LogP contribution in [0.2, 0.25) is 0 Å². The van der Waals surface area contributed by atoms with E-state index in [1.807, 2.05) is 25.6 Å². The van der Waals surface area contributed by atoms with Gasteiger partial charge >= 0.3 is 0 Å². The Hall–Kier alpha value is -0.100. The Kier molecular flexibility index (Phi) is 4.47. The molecule has 0 unspecified atom stereocenters. The van der Waals surface area contributed by atoms with Gasteiger partial charge in [-0.05, 0) is 38.2 Å². The van der Waals surface area contributed by atoms with Gasteiger partial charge in [-0.25, -0.2) is 4.98 Å². The summed E-state index contributed by atoms with van der Waals surface area (Å²) in [4.78, 5) is 5.69. The van der Waals surface area contributed by atoms with Gasteiger partial charge in [0.2, 0.25) is 0 Å². The molecule has 1 aromatic rings. The average Bonchev–Trinajstić information content (AvgIpc) is 2.58. The molecule has 1 aromatic heterocycles. The maximum absolute atomic E-state index is 10.3. The van der Waals surface area contributed by atoms with Gasteiger partial charge in [0.15, 0.2) is 0 Å². The van der Waals surface area contributed by atoms with Crippen molar-refractivity contribution in [3.05, 3.63) is 15.6 Å². The van der Waals surface area contributed by atoms with Crippen molar-refractivity contribution in [1.29, 1.82) is 0 Å². The molecule has 2 rings (SSSR count). The summed E-state index contributed by atoms with van der Waals surface area (Å²) < 4.78 is 0. The first-order valence-electron chi connectivity index (χ1n) is 6.03. The van der Waals surface area contributed by atoms with Gasteiger partial charge in [-0.3, -0.25) is 0 Å². The molecule has 1 saturated heterocycles. The van der Waals surface area contributed by atoms with E-state index in [9.17, 15) is 5.11 Å². The van der Waals surface area contributed by atoms with Crippen LogP contribution in [-0.2, 0) is 6.54 Å². The molecule has 0 aromatic carbocycles. The molecule has 1 fully saturated rings. The predicted molar refractivity (Wildman–Crippen MR) is 74.8 cm³/mol. The molecule has 0 aliphatic carbocycles. The summed E-state index contributed by atoms with van der Waals surface area (Å²) in [6, 6.07) is 0. The predicted octanol–water partition coefficient (Wildman–Crippen LogP) is 2.11. The standard InChI is InChI=1S/C12H20N2OS2/c1-9-11(17-10(2)14-9)7-13-8-12(15)3-5-16-6-4-12/h13,15H,3-8H2,1-2H3. The smallest absolute Gasteiger partial charge is 0.0900 e. The Morgan fingerprint density at radius 1 is 1.35 bits per heavy atom. The molecule has 1 aliphatic heterocycles. The Balaban J connectivity index is 1.81. The maximum Gasteiger partial charge on any atom is 0.0900 e. The van der Waals surface area contributed by atoms with E-state index in [4.69, 9.17) is 0 Å². The number of rotatable bonds is 4. The van der Waals surface area contributed by atoms with Gasteiger partial charge in [0, 0.05) is 18.0 Å². The highest BCUT2D eigenvalue weighted by Gasteiger charge is 2.28. The summed E-state index contributed by atoms with van der Waals surface area (Å²) >= 11 is 3.68. The van der Waals surface area contributed by atoms with Gasteiger partial charge < -0.3 is 10.4 Å². The Labute approximate surface area is 111 Å². The van der Waals surface area contributed by atoms with Crippen molar-refractivity contribution in [2.75, 3.05) is 18.1 Å². The van der Waals surface area contributed by atoms with Crippen molar-refractivity contribution in [3.8, 4) is 0 Å². The van der Waals surface area contributed by atoms with E-state index >= 15 is 0 Å². The highest BCUT2D eigenvalue weighted by Crippen LogP contribution is 2.26. The molecule has 0 bridgehead atoms. The Morgan fingerprint density at radius 2 is 2.06 bits per heavy atom. The van der Waals surface area contributed by atoms with Gasteiger partial charge in [-0.2, -0.15) is 11.8 Å². The van der Waals surface area contributed by atoms with Crippen LogP contribution in [0, 0.1) is 13.8 Å². The van der Waals surface area contributed by atoms with E-state index in [0.29, 0.717) is 6.54 Å². The van der Waals surface area contributed by atoms with Crippen LogP contribution in [0.1, 0.15) is 28.4 Å². The van der Waals surface area contributed by atoms with Crippen LogP contribution in [0.25, 0.3) is 0 Å². The molecular formula is C12H20N2OS2. The zero-order chi connectivity index (χ0) is 12.3. The molecule has 0 spiro atoms. The third-order valence-corrected chi connectivity index (χ3v) is 5.22. The third kappa shape index (κ3) is 3.68. The monoisotopic (exact) mass is 272 g/mol. The van der Waals surface area contributed by atoms with E-state index in [1.165, 1.54) is 4.88 Å². The minimum absolute atomic E-state index is 0.487. The summed E-state index contributed by atoms with van der Waals surface area (Å²) in [6.07, 6.45) is 1.82. The van der Waals surface area contributed by atoms with E-state index in [1.54, 1.807) is 11.3 Å². The molecule has 96 valence electrons. The van der Waals surface area contributed by atoms with Crippen LogP contribution >= 0.6 is 23.1 Å². The highest BCUT2D eigenvalue weighted by atomic mass is 32.2. The summed E-state index contributed by atoms with van der Waals surface area (Å²) in [6.45, 7) is 5.61. The van der Waals surface area contributed by atoms with Gasteiger partial charge in [-0.15, -0.1) is 11.3 Å².